The van der Waals surface area contributed by atoms with E-state index < -0.39 is 0 Å². The van der Waals surface area contributed by atoms with Crippen molar-refractivity contribution < 1.29 is 0 Å². The van der Waals surface area contributed by atoms with E-state index in [1.807, 2.05) is 24.3 Å². The van der Waals surface area contributed by atoms with E-state index in [0.717, 1.165) is 49.0 Å². The predicted molar refractivity (Wildman–Crippen MR) is 158 cm³/mol. The first kappa shape index (κ1) is 25.8. The number of rotatable bonds is 10. The largest absolute Gasteiger partial charge is 0.372 e. The van der Waals surface area contributed by atoms with E-state index in [9.17, 15) is 0 Å². The smallest absolute Gasteiger partial charge is 0.0831 e. The topological polar surface area (TPSA) is 22.1 Å². The van der Waals surface area contributed by atoms with Gasteiger partial charge in [0.15, 0.2) is 0 Å². The molecule has 0 aromatic heterocycles. The maximum absolute atomic E-state index is 6.17. The van der Waals surface area contributed by atoms with E-state index in [1.165, 1.54) is 22.5 Å². The summed E-state index contributed by atoms with van der Waals surface area (Å²) in [6, 6.07) is 25.8. The molecule has 0 radical (unpaired) electrons. The van der Waals surface area contributed by atoms with Crippen molar-refractivity contribution in [2.24, 2.45) is 5.10 Å². The number of nitrogens with zero attached hydrogens (tertiary/aromatic N) is 4. The molecule has 188 valence electrons. The number of halogens is 1. The van der Waals surface area contributed by atoms with Gasteiger partial charge in [-0.1, -0.05) is 41.9 Å². The van der Waals surface area contributed by atoms with Crippen LogP contribution in [0.5, 0.6) is 0 Å². The molecule has 3 aromatic rings. The molecule has 1 aliphatic rings. The quantitative estimate of drug-likeness (QED) is 0.281. The summed E-state index contributed by atoms with van der Waals surface area (Å²) in [4.78, 5) is 4.72. The van der Waals surface area contributed by atoms with Gasteiger partial charge in [0.1, 0.15) is 0 Å². The molecular weight excluding hydrogens is 464 g/mol. The van der Waals surface area contributed by atoms with Crippen LogP contribution in [0.15, 0.2) is 84.0 Å². The molecule has 4 nitrogen and oxygen atoms in total. The van der Waals surface area contributed by atoms with Crippen LogP contribution in [0, 0.1) is 0 Å². The number of hydrazone groups is 1. The summed E-state index contributed by atoms with van der Waals surface area (Å²) in [5.74, 6) is 0. The third kappa shape index (κ3) is 5.93. The Morgan fingerprint density at radius 1 is 0.750 bits per heavy atom. The zero-order valence-corrected chi connectivity index (χ0v) is 22.6. The summed E-state index contributed by atoms with van der Waals surface area (Å²) in [6.45, 7) is 12.8. The van der Waals surface area contributed by atoms with Gasteiger partial charge in [-0.2, -0.15) is 5.10 Å². The highest BCUT2D eigenvalue weighted by Gasteiger charge is 2.28. The second-order valence-electron chi connectivity index (χ2n) is 8.99. The molecule has 4 rings (SSSR count). The Kier molecular flexibility index (Phi) is 8.71. The fraction of sp³-hybridized carbons (Fsp3) is 0.323. The Morgan fingerprint density at radius 3 is 1.81 bits per heavy atom. The zero-order chi connectivity index (χ0) is 25.5. The molecular formula is C31H37ClN4. The molecule has 3 aromatic carbocycles. The van der Waals surface area contributed by atoms with Crippen LogP contribution < -0.4 is 14.8 Å². The summed E-state index contributed by atoms with van der Waals surface area (Å²) in [6.07, 6.45) is 5.16. The second kappa shape index (κ2) is 12.1. The van der Waals surface area contributed by atoms with Crippen molar-refractivity contribution in [1.29, 1.82) is 0 Å². The number of hydrogen-bond acceptors (Lipinski definition) is 4. The van der Waals surface area contributed by atoms with Gasteiger partial charge in [-0.3, -0.25) is 5.01 Å². The van der Waals surface area contributed by atoms with Crippen molar-refractivity contribution in [3.05, 3.63) is 95.0 Å². The summed E-state index contributed by atoms with van der Waals surface area (Å²) in [5, 5.41) is 7.89. The van der Waals surface area contributed by atoms with Crippen molar-refractivity contribution in [3.8, 4) is 0 Å². The molecule has 1 aliphatic heterocycles. The lowest BCUT2D eigenvalue weighted by Gasteiger charge is -2.25. The van der Waals surface area contributed by atoms with Gasteiger partial charge in [-0.25, -0.2) is 0 Å². The minimum absolute atomic E-state index is 0.140. The monoisotopic (exact) mass is 500 g/mol. The molecule has 1 unspecified atom stereocenters. The minimum Gasteiger partial charge on any atom is -0.372 e. The Hall–Kier alpha value is -3.24. The average molecular weight is 501 g/mol. The van der Waals surface area contributed by atoms with Gasteiger partial charge in [-0.05, 0) is 93.4 Å². The lowest BCUT2D eigenvalue weighted by atomic mass is 10.00. The molecule has 0 amide bonds. The molecule has 1 atom stereocenters. The van der Waals surface area contributed by atoms with E-state index in [1.54, 1.807) is 0 Å². The fourth-order valence-corrected chi connectivity index (χ4v) is 4.92. The van der Waals surface area contributed by atoms with Crippen LogP contribution in [-0.4, -0.2) is 31.9 Å². The maximum Gasteiger partial charge on any atom is 0.0831 e. The molecule has 0 saturated heterocycles. The van der Waals surface area contributed by atoms with Crippen LogP contribution in [0.25, 0.3) is 6.08 Å². The van der Waals surface area contributed by atoms with Gasteiger partial charge in [0.2, 0.25) is 0 Å². The molecule has 5 heteroatoms. The molecule has 0 aliphatic carbocycles. The van der Waals surface area contributed by atoms with Crippen LogP contribution >= 0.6 is 11.6 Å². The number of hydrogen-bond donors (Lipinski definition) is 0. The fourth-order valence-electron chi connectivity index (χ4n) is 4.80. The number of benzene rings is 3. The molecule has 0 bridgehead atoms. The predicted octanol–water partition coefficient (Wildman–Crippen LogP) is 8.05. The van der Waals surface area contributed by atoms with Gasteiger partial charge in [0.05, 0.1) is 17.4 Å². The highest BCUT2D eigenvalue weighted by atomic mass is 35.5. The van der Waals surface area contributed by atoms with E-state index in [2.05, 4.69) is 103 Å². The summed E-state index contributed by atoms with van der Waals surface area (Å²) in [7, 11) is 0. The summed E-state index contributed by atoms with van der Waals surface area (Å²) >= 11 is 6.17. The first-order valence-corrected chi connectivity index (χ1v) is 13.4. The second-order valence-corrected chi connectivity index (χ2v) is 9.43. The van der Waals surface area contributed by atoms with Crippen molar-refractivity contribution in [2.45, 2.75) is 40.2 Å². The Labute approximate surface area is 221 Å². The molecule has 0 spiro atoms. The normalized spacial score (nSPS) is 15.4. The first-order valence-electron chi connectivity index (χ1n) is 13.1. The number of anilines is 3. The van der Waals surface area contributed by atoms with Crippen molar-refractivity contribution in [3.63, 3.8) is 0 Å². The van der Waals surface area contributed by atoms with E-state index in [-0.39, 0.29) is 6.04 Å². The third-order valence-electron chi connectivity index (χ3n) is 6.92. The lowest BCUT2D eigenvalue weighted by Crippen LogP contribution is -2.22. The van der Waals surface area contributed by atoms with Crippen LogP contribution in [-0.2, 0) is 0 Å². The minimum atomic E-state index is 0.140. The summed E-state index contributed by atoms with van der Waals surface area (Å²) < 4.78 is 0. The Morgan fingerprint density at radius 2 is 1.28 bits per heavy atom. The molecule has 0 saturated carbocycles. The van der Waals surface area contributed by atoms with Gasteiger partial charge < -0.3 is 9.80 Å². The number of allylic oxidation sites excluding steroid dienone is 1. The van der Waals surface area contributed by atoms with Gasteiger partial charge >= 0.3 is 0 Å². The van der Waals surface area contributed by atoms with Crippen LogP contribution in [0.4, 0.5) is 17.1 Å². The zero-order valence-electron chi connectivity index (χ0n) is 21.9. The van der Waals surface area contributed by atoms with Crippen molar-refractivity contribution in [1.82, 2.24) is 0 Å². The highest BCUT2D eigenvalue weighted by Crippen LogP contribution is 2.36. The highest BCUT2D eigenvalue weighted by molar-refractivity contribution is 6.30. The molecule has 0 N–H and O–H groups in total. The van der Waals surface area contributed by atoms with E-state index in [0.29, 0.717) is 0 Å². The maximum atomic E-state index is 6.17. The van der Waals surface area contributed by atoms with Crippen LogP contribution in [0.3, 0.4) is 0 Å². The van der Waals surface area contributed by atoms with Gasteiger partial charge in [-0.15, -0.1) is 0 Å². The standard InChI is InChI=1S/C31H37ClN4/c1-5-34(6-2)28-17-10-24(11-18-28)9-16-27-23-31(36(33-27)30-21-14-26(32)15-22-30)25-12-19-29(20-13-25)35(7-3)8-4/h9-22,31H,5-8,23H2,1-4H3. The first-order chi connectivity index (χ1) is 17.6. The Balaban J connectivity index is 1.57. The third-order valence-corrected chi connectivity index (χ3v) is 7.17. The van der Waals surface area contributed by atoms with Gasteiger partial charge in [0, 0.05) is 49.0 Å². The molecule has 0 fully saturated rings. The molecule has 36 heavy (non-hydrogen) atoms. The van der Waals surface area contributed by atoms with Crippen LogP contribution in [0.2, 0.25) is 5.02 Å². The lowest BCUT2D eigenvalue weighted by molar-refractivity contribution is 0.709. The average Bonchev–Trinajstić information content (AvgIpc) is 3.35. The van der Waals surface area contributed by atoms with Gasteiger partial charge in [0.25, 0.3) is 0 Å². The van der Waals surface area contributed by atoms with E-state index >= 15 is 0 Å². The van der Waals surface area contributed by atoms with Crippen LogP contribution in [0.1, 0.15) is 51.3 Å². The van der Waals surface area contributed by atoms with Crippen molar-refractivity contribution in [2.75, 3.05) is 41.0 Å². The SMILES string of the molecule is CCN(CC)c1ccc(C=CC2=NN(c3ccc(Cl)cc3)C(c3ccc(N(CC)CC)cc3)C2)cc1. The summed E-state index contributed by atoms with van der Waals surface area (Å²) in [5.41, 5.74) is 7.07. The van der Waals surface area contributed by atoms with E-state index in [4.69, 9.17) is 16.7 Å². The Bertz CT molecular complexity index is 1160. The molecule has 1 heterocycles. The van der Waals surface area contributed by atoms with Crippen molar-refractivity contribution >= 4 is 40.5 Å².